The fourth-order valence-electron chi connectivity index (χ4n) is 3.83. The van der Waals surface area contributed by atoms with Crippen LogP contribution in [-0.4, -0.2) is 24.5 Å². The third kappa shape index (κ3) is 4.12. The predicted molar refractivity (Wildman–Crippen MR) is 134 cm³/mol. The van der Waals surface area contributed by atoms with E-state index in [2.05, 4.69) is 57.1 Å². The van der Waals surface area contributed by atoms with Crippen LogP contribution in [0.5, 0.6) is 0 Å². The van der Waals surface area contributed by atoms with E-state index in [-0.39, 0.29) is 0 Å². The summed E-state index contributed by atoms with van der Waals surface area (Å²) in [6, 6.07) is 30.6. The Labute approximate surface area is 202 Å². The second-order valence-electron chi connectivity index (χ2n) is 7.90. The Bertz CT molecular complexity index is 1460. The summed E-state index contributed by atoms with van der Waals surface area (Å²) in [6.45, 7) is 3.94. The molecule has 6 nitrogen and oxygen atoms in total. The number of aromatic nitrogens is 5. The van der Waals surface area contributed by atoms with Gasteiger partial charge in [-0.2, -0.15) is 10.4 Å². The smallest absolute Gasteiger partial charge is 0.196 e. The Morgan fingerprint density at radius 1 is 0.824 bits per heavy atom. The first-order valence-electron chi connectivity index (χ1n) is 10.9. The molecule has 0 bridgehead atoms. The highest BCUT2D eigenvalue weighted by atomic mass is 32.2. The van der Waals surface area contributed by atoms with Gasteiger partial charge < -0.3 is 0 Å². The molecule has 0 fully saturated rings. The topological polar surface area (TPSA) is 72.3 Å². The molecule has 3 aromatic carbocycles. The van der Waals surface area contributed by atoms with E-state index in [0.29, 0.717) is 17.0 Å². The number of nitrogens with zero attached hydrogens (tertiary/aromatic N) is 6. The molecular weight excluding hydrogens is 440 g/mol. The molecule has 0 unspecified atom stereocenters. The average molecular weight is 463 g/mol. The normalized spacial score (nSPS) is 10.9. The van der Waals surface area contributed by atoms with E-state index in [1.807, 2.05) is 72.3 Å². The summed E-state index contributed by atoms with van der Waals surface area (Å²) in [5, 5.41) is 24.3. The van der Waals surface area contributed by atoms with E-state index >= 15 is 0 Å². The number of para-hydroxylation sites is 1. The second kappa shape index (κ2) is 9.38. The van der Waals surface area contributed by atoms with Crippen molar-refractivity contribution in [2.75, 3.05) is 0 Å². The molecule has 34 heavy (non-hydrogen) atoms. The molecule has 7 heteroatoms. The van der Waals surface area contributed by atoms with Crippen LogP contribution >= 0.6 is 11.8 Å². The zero-order valence-corrected chi connectivity index (χ0v) is 19.7. The summed E-state index contributed by atoms with van der Waals surface area (Å²) in [6.07, 6.45) is 0. The number of benzene rings is 3. The van der Waals surface area contributed by atoms with E-state index in [9.17, 15) is 5.26 Å². The summed E-state index contributed by atoms with van der Waals surface area (Å²) < 4.78 is 3.92. The van der Waals surface area contributed by atoms with Crippen molar-refractivity contribution in [1.82, 2.24) is 24.5 Å². The van der Waals surface area contributed by atoms with E-state index < -0.39 is 0 Å². The van der Waals surface area contributed by atoms with E-state index in [1.165, 1.54) is 5.56 Å². The number of hydrogen-bond donors (Lipinski definition) is 0. The van der Waals surface area contributed by atoms with Crippen LogP contribution in [0, 0.1) is 25.2 Å². The Balaban J connectivity index is 1.56. The fourth-order valence-corrected chi connectivity index (χ4v) is 4.79. The molecule has 0 radical (unpaired) electrons. The number of rotatable bonds is 6. The van der Waals surface area contributed by atoms with Crippen LogP contribution in [0.4, 0.5) is 0 Å². The molecule has 0 aliphatic carbocycles. The van der Waals surface area contributed by atoms with E-state index in [0.717, 1.165) is 33.6 Å². The van der Waals surface area contributed by atoms with Gasteiger partial charge in [-0.1, -0.05) is 78.0 Å². The SMILES string of the molecule is Cc1ccc(-n2c(SCc3c(C#N)c(C)nn3-c3ccccc3)nnc2-c2ccccc2)cc1. The predicted octanol–water partition coefficient (Wildman–Crippen LogP) is 5.90. The van der Waals surface area contributed by atoms with Crippen molar-refractivity contribution in [3.63, 3.8) is 0 Å². The van der Waals surface area contributed by atoms with Gasteiger partial charge in [-0.3, -0.25) is 4.57 Å². The fraction of sp³-hybridized carbons (Fsp3) is 0.111. The van der Waals surface area contributed by atoms with Crippen molar-refractivity contribution in [3.8, 4) is 28.8 Å². The summed E-state index contributed by atoms with van der Waals surface area (Å²) in [5.41, 5.74) is 6.25. The van der Waals surface area contributed by atoms with Crippen molar-refractivity contribution < 1.29 is 0 Å². The van der Waals surface area contributed by atoms with Gasteiger partial charge in [-0.05, 0) is 38.1 Å². The standard InChI is InChI=1S/C27H22N6S/c1-19-13-15-22(16-14-19)32-26(21-9-5-3-6-10-21)29-30-27(32)34-18-25-24(17-28)20(2)31-33(25)23-11-7-4-8-12-23/h3-16H,18H2,1-2H3. The van der Waals surface area contributed by atoms with Gasteiger partial charge in [0.1, 0.15) is 6.07 Å². The third-order valence-electron chi connectivity index (χ3n) is 5.56. The molecule has 0 N–H and O–H groups in total. The lowest BCUT2D eigenvalue weighted by molar-refractivity contribution is 0.825. The number of aryl methyl sites for hydroxylation is 2. The molecule has 0 atom stereocenters. The Kier molecular flexibility index (Phi) is 5.98. The summed E-state index contributed by atoms with van der Waals surface area (Å²) in [7, 11) is 0. The quantitative estimate of drug-likeness (QED) is 0.294. The van der Waals surface area contributed by atoms with Gasteiger partial charge in [-0.15, -0.1) is 10.2 Å². The van der Waals surface area contributed by atoms with Crippen LogP contribution in [0.15, 0.2) is 90.1 Å². The molecule has 2 heterocycles. The molecule has 0 amide bonds. The minimum Gasteiger partial charge on any atom is -0.270 e. The van der Waals surface area contributed by atoms with Gasteiger partial charge in [-0.25, -0.2) is 4.68 Å². The minimum absolute atomic E-state index is 0.525. The molecule has 0 saturated heterocycles. The summed E-state index contributed by atoms with van der Waals surface area (Å²) in [4.78, 5) is 0. The average Bonchev–Trinajstić information content (AvgIpc) is 3.44. The van der Waals surface area contributed by atoms with Crippen LogP contribution < -0.4 is 0 Å². The highest BCUT2D eigenvalue weighted by Crippen LogP contribution is 2.31. The van der Waals surface area contributed by atoms with Gasteiger partial charge in [0.25, 0.3) is 0 Å². The monoisotopic (exact) mass is 462 g/mol. The number of thioether (sulfide) groups is 1. The maximum atomic E-state index is 9.82. The summed E-state index contributed by atoms with van der Waals surface area (Å²) in [5.74, 6) is 1.30. The molecule has 5 rings (SSSR count). The molecule has 0 aliphatic heterocycles. The minimum atomic E-state index is 0.525. The highest BCUT2D eigenvalue weighted by Gasteiger charge is 2.20. The molecule has 2 aromatic heterocycles. The lowest BCUT2D eigenvalue weighted by atomic mass is 10.2. The Morgan fingerprint density at radius 2 is 1.50 bits per heavy atom. The largest absolute Gasteiger partial charge is 0.270 e. The van der Waals surface area contributed by atoms with Gasteiger partial charge in [0, 0.05) is 17.0 Å². The van der Waals surface area contributed by atoms with Crippen LogP contribution in [0.3, 0.4) is 0 Å². The van der Waals surface area contributed by atoms with Gasteiger partial charge in [0.15, 0.2) is 11.0 Å². The van der Waals surface area contributed by atoms with E-state index in [4.69, 9.17) is 0 Å². The Morgan fingerprint density at radius 3 is 2.18 bits per heavy atom. The summed E-state index contributed by atoms with van der Waals surface area (Å²) >= 11 is 1.54. The van der Waals surface area contributed by atoms with Gasteiger partial charge in [0.05, 0.1) is 22.6 Å². The lowest BCUT2D eigenvalue weighted by Crippen LogP contribution is -2.03. The Hall–Kier alpha value is -4.15. The van der Waals surface area contributed by atoms with Crippen molar-refractivity contribution in [2.24, 2.45) is 0 Å². The highest BCUT2D eigenvalue weighted by molar-refractivity contribution is 7.98. The van der Waals surface area contributed by atoms with Crippen molar-refractivity contribution in [1.29, 1.82) is 5.26 Å². The molecule has 0 spiro atoms. The van der Waals surface area contributed by atoms with Crippen LogP contribution in [0.25, 0.3) is 22.8 Å². The zero-order chi connectivity index (χ0) is 23.5. The van der Waals surface area contributed by atoms with Crippen molar-refractivity contribution in [3.05, 3.63) is 107 Å². The first-order valence-corrected chi connectivity index (χ1v) is 11.9. The maximum absolute atomic E-state index is 9.82. The first-order chi connectivity index (χ1) is 16.7. The van der Waals surface area contributed by atoms with Crippen LogP contribution in [0.2, 0.25) is 0 Å². The van der Waals surface area contributed by atoms with Crippen LogP contribution in [0.1, 0.15) is 22.5 Å². The number of hydrogen-bond acceptors (Lipinski definition) is 5. The molecule has 0 saturated carbocycles. The van der Waals surface area contributed by atoms with E-state index in [1.54, 1.807) is 11.8 Å². The maximum Gasteiger partial charge on any atom is 0.196 e. The molecule has 0 aliphatic rings. The number of nitriles is 1. The molecule has 166 valence electrons. The first kappa shape index (κ1) is 21.7. The van der Waals surface area contributed by atoms with Gasteiger partial charge in [0.2, 0.25) is 0 Å². The third-order valence-corrected chi connectivity index (χ3v) is 6.50. The van der Waals surface area contributed by atoms with Crippen molar-refractivity contribution >= 4 is 11.8 Å². The molecule has 5 aromatic rings. The second-order valence-corrected chi connectivity index (χ2v) is 8.84. The molecular formula is C27H22N6S. The van der Waals surface area contributed by atoms with Crippen LogP contribution in [-0.2, 0) is 5.75 Å². The van der Waals surface area contributed by atoms with Crippen molar-refractivity contribution in [2.45, 2.75) is 24.8 Å². The lowest BCUT2D eigenvalue weighted by Gasteiger charge is -2.12. The zero-order valence-electron chi connectivity index (χ0n) is 18.9. The van der Waals surface area contributed by atoms with Gasteiger partial charge >= 0.3 is 0 Å².